The van der Waals surface area contributed by atoms with E-state index in [2.05, 4.69) is 36.4 Å². The SMILES string of the molecule is [2H]c1c([2H])c([2H])c2c(c1[2H])c1c([2H])c([2H])c([2H])c([2H])c1c1c([2H])c(-c3ccc4c(c3)C3(c5ccccc5-c5ccccc53)c3ccccc3-4)c([2H])c([2H])c21. The third kappa shape index (κ3) is 2.86. The second kappa shape index (κ2) is 8.31. The summed E-state index contributed by atoms with van der Waals surface area (Å²) in [7, 11) is 0. The van der Waals surface area contributed by atoms with E-state index in [9.17, 15) is 4.11 Å². The average Bonchev–Trinajstić information content (AvgIpc) is 3.66. The summed E-state index contributed by atoms with van der Waals surface area (Å²) in [6.07, 6.45) is 0. The number of rotatable bonds is 1. The highest BCUT2D eigenvalue weighted by atomic mass is 14.5. The van der Waals surface area contributed by atoms with Crippen LogP contribution in [0.15, 0.2) is 157 Å². The van der Waals surface area contributed by atoms with E-state index in [1.165, 1.54) is 0 Å². The van der Waals surface area contributed by atoms with Gasteiger partial charge in [-0.3, -0.25) is 0 Å². The molecule has 2 aliphatic rings. The van der Waals surface area contributed by atoms with Crippen molar-refractivity contribution in [2.75, 3.05) is 0 Å². The highest BCUT2D eigenvalue weighted by Gasteiger charge is 2.51. The van der Waals surface area contributed by atoms with Gasteiger partial charge in [-0.1, -0.05) is 145 Å². The maximum Gasteiger partial charge on any atom is 0.0725 e. The zero-order valence-corrected chi connectivity index (χ0v) is 22.7. The average molecular weight is 554 g/mol. The summed E-state index contributed by atoms with van der Waals surface area (Å²) in [5.74, 6) is 0. The normalized spacial score (nSPS) is 17.3. The second-order valence-corrected chi connectivity index (χ2v) is 11.1. The summed E-state index contributed by atoms with van der Waals surface area (Å²) in [6, 6.07) is 25.3. The van der Waals surface area contributed by atoms with Crippen molar-refractivity contribution in [3.63, 3.8) is 0 Å². The molecule has 0 heteroatoms. The second-order valence-electron chi connectivity index (χ2n) is 11.1. The highest BCUT2D eigenvalue weighted by molar-refractivity contribution is 6.25. The predicted molar refractivity (Wildman–Crippen MR) is 181 cm³/mol. The summed E-state index contributed by atoms with van der Waals surface area (Å²) in [5.41, 5.74) is 8.37. The Bertz CT molecular complexity index is 2970. The molecule has 0 aromatic heterocycles. The minimum Gasteiger partial charge on any atom is -0.0619 e. The number of hydrogen-bond donors (Lipinski definition) is 0. The van der Waals surface area contributed by atoms with Crippen LogP contribution in [-0.2, 0) is 5.41 Å². The predicted octanol–water partition coefficient (Wildman–Crippen LogP) is 11.2. The van der Waals surface area contributed by atoms with Gasteiger partial charge in [0.2, 0.25) is 0 Å². The molecule has 8 aromatic carbocycles. The van der Waals surface area contributed by atoms with Gasteiger partial charge >= 0.3 is 0 Å². The van der Waals surface area contributed by atoms with Crippen LogP contribution in [0.2, 0.25) is 0 Å². The fourth-order valence-corrected chi connectivity index (χ4v) is 7.55. The van der Waals surface area contributed by atoms with Gasteiger partial charge in [0.1, 0.15) is 0 Å². The lowest BCUT2D eigenvalue weighted by Crippen LogP contribution is -2.25. The molecule has 0 saturated carbocycles. The summed E-state index contributed by atoms with van der Waals surface area (Å²) >= 11 is 0. The Morgan fingerprint density at radius 3 is 1.35 bits per heavy atom. The fourth-order valence-electron chi connectivity index (χ4n) is 7.55. The lowest BCUT2D eigenvalue weighted by atomic mass is 9.70. The molecule has 0 bridgehead atoms. The lowest BCUT2D eigenvalue weighted by Gasteiger charge is -2.30. The van der Waals surface area contributed by atoms with Crippen molar-refractivity contribution in [2.24, 2.45) is 0 Å². The minimum absolute atomic E-state index is 0.0689. The van der Waals surface area contributed by atoms with E-state index in [-0.39, 0.29) is 50.0 Å². The summed E-state index contributed by atoms with van der Waals surface area (Å²) < 4.78 is 98.4. The molecular formula is C43H26. The van der Waals surface area contributed by atoms with Crippen LogP contribution in [0.5, 0.6) is 0 Å². The molecule has 0 N–H and O–H groups in total. The molecule has 1 spiro atoms. The Kier molecular flexibility index (Phi) is 2.92. The Hall–Kier alpha value is -5.46. The van der Waals surface area contributed by atoms with Crippen molar-refractivity contribution in [3.8, 4) is 33.4 Å². The zero-order chi connectivity index (χ0) is 37.7. The molecule has 0 saturated heterocycles. The van der Waals surface area contributed by atoms with Crippen LogP contribution in [0.3, 0.4) is 0 Å². The van der Waals surface area contributed by atoms with Crippen molar-refractivity contribution in [3.05, 3.63) is 180 Å². The Labute approximate surface area is 266 Å². The van der Waals surface area contributed by atoms with Gasteiger partial charge in [-0.05, 0) is 100 Å². The molecule has 0 aliphatic heterocycles. The topological polar surface area (TPSA) is 0 Å². The van der Waals surface area contributed by atoms with Crippen LogP contribution in [0, 0.1) is 0 Å². The van der Waals surface area contributed by atoms with Crippen molar-refractivity contribution < 1.29 is 15.1 Å². The molecule has 0 heterocycles. The largest absolute Gasteiger partial charge is 0.0725 e. The summed E-state index contributed by atoms with van der Waals surface area (Å²) in [4.78, 5) is 0. The quantitative estimate of drug-likeness (QED) is 0.177. The molecule has 0 fully saturated rings. The minimum atomic E-state index is -0.717. The molecule has 0 atom stereocenters. The summed E-state index contributed by atoms with van der Waals surface area (Å²) in [6.45, 7) is 0. The van der Waals surface area contributed by atoms with Gasteiger partial charge in [0, 0.05) is 0 Å². The monoisotopic (exact) mass is 553 g/mol. The Balaban J connectivity index is 1.38. The van der Waals surface area contributed by atoms with Crippen LogP contribution in [0.1, 0.15) is 37.3 Å². The van der Waals surface area contributed by atoms with Crippen LogP contribution >= 0.6 is 0 Å². The first-order valence-corrected chi connectivity index (χ1v) is 14.2. The van der Waals surface area contributed by atoms with Gasteiger partial charge in [0.25, 0.3) is 0 Å². The first-order chi connectivity index (χ1) is 25.9. The van der Waals surface area contributed by atoms with Crippen molar-refractivity contribution in [1.82, 2.24) is 0 Å². The van der Waals surface area contributed by atoms with E-state index in [1.54, 1.807) is 0 Å². The zero-order valence-electron chi connectivity index (χ0n) is 33.7. The standard InChI is InChI=1S/C43H26/c1-2-13-31-29(11-1)30-12-3-4-14-32(30)38-25-27(21-23-33(31)38)28-22-24-37-36-17-7-10-20-41(36)43(42(37)26-28)39-18-8-5-15-34(39)35-16-6-9-19-40(35)43/h1-26H/i1D,2D,3D,4D,11D,12D,13D,14D,21D,23D,25D. The smallest absolute Gasteiger partial charge is 0.0619 e. The highest BCUT2D eigenvalue weighted by Crippen LogP contribution is 2.63. The Morgan fingerprint density at radius 1 is 0.372 bits per heavy atom. The first-order valence-electron chi connectivity index (χ1n) is 19.7. The lowest BCUT2D eigenvalue weighted by molar-refractivity contribution is 0.794. The Morgan fingerprint density at radius 2 is 0.814 bits per heavy atom. The van der Waals surface area contributed by atoms with Gasteiger partial charge in [-0.2, -0.15) is 0 Å². The third-order valence-corrected chi connectivity index (χ3v) is 9.22. The molecule has 0 unspecified atom stereocenters. The first kappa shape index (κ1) is 15.1. The van der Waals surface area contributed by atoms with Crippen LogP contribution in [0.4, 0.5) is 0 Å². The third-order valence-electron chi connectivity index (χ3n) is 9.22. The molecule has 10 rings (SSSR count). The van der Waals surface area contributed by atoms with Gasteiger partial charge in [0.05, 0.1) is 20.5 Å². The van der Waals surface area contributed by atoms with Gasteiger partial charge in [0.15, 0.2) is 0 Å². The van der Waals surface area contributed by atoms with E-state index in [0.717, 1.165) is 44.5 Å². The molecule has 0 amide bonds. The van der Waals surface area contributed by atoms with E-state index >= 15 is 0 Å². The molecular weight excluding hydrogens is 516 g/mol. The van der Waals surface area contributed by atoms with Crippen molar-refractivity contribution >= 4 is 32.3 Å². The maximum atomic E-state index is 9.80. The molecule has 0 radical (unpaired) electrons. The van der Waals surface area contributed by atoms with Crippen molar-refractivity contribution in [1.29, 1.82) is 0 Å². The van der Waals surface area contributed by atoms with E-state index in [4.69, 9.17) is 11.0 Å². The van der Waals surface area contributed by atoms with E-state index in [1.807, 2.05) is 54.6 Å². The maximum absolute atomic E-state index is 9.80. The van der Waals surface area contributed by atoms with Crippen LogP contribution < -0.4 is 0 Å². The van der Waals surface area contributed by atoms with Gasteiger partial charge in [-0.15, -0.1) is 0 Å². The molecule has 8 aromatic rings. The molecule has 0 nitrogen and oxygen atoms in total. The van der Waals surface area contributed by atoms with Crippen LogP contribution in [0.25, 0.3) is 65.7 Å². The van der Waals surface area contributed by atoms with Gasteiger partial charge in [-0.25, -0.2) is 0 Å². The van der Waals surface area contributed by atoms with Crippen LogP contribution in [-0.4, -0.2) is 0 Å². The summed E-state index contributed by atoms with van der Waals surface area (Å²) in [5, 5.41) is -0.815. The van der Waals surface area contributed by atoms with E-state index in [0.29, 0.717) is 5.56 Å². The number of hydrogen-bond acceptors (Lipinski definition) is 0. The molecule has 2 aliphatic carbocycles. The molecule has 198 valence electrons. The van der Waals surface area contributed by atoms with E-state index < -0.39 is 59.8 Å². The number of fused-ring (bicyclic) bond motifs is 16. The van der Waals surface area contributed by atoms with Crippen molar-refractivity contribution in [2.45, 2.75) is 5.41 Å². The number of benzene rings is 8. The fraction of sp³-hybridized carbons (Fsp3) is 0.0233. The van der Waals surface area contributed by atoms with Gasteiger partial charge < -0.3 is 0 Å². The molecule has 43 heavy (non-hydrogen) atoms.